The lowest BCUT2D eigenvalue weighted by Crippen LogP contribution is -2.47. The quantitative estimate of drug-likeness (QED) is 0.391. The Hall–Kier alpha value is -3.57. The first-order chi connectivity index (χ1) is 17.6. The molecule has 9 nitrogen and oxygen atoms in total. The number of anilines is 1. The van der Waals surface area contributed by atoms with Crippen LogP contribution in [-0.4, -0.2) is 80.2 Å². The molecule has 0 unspecified atom stereocenters. The number of hydrogen-bond acceptors (Lipinski definition) is 7. The molecule has 3 aliphatic rings. The lowest BCUT2D eigenvalue weighted by atomic mass is 9.91. The van der Waals surface area contributed by atoms with Crippen LogP contribution in [0.1, 0.15) is 35.3 Å². The molecular weight excluding hydrogens is 483 g/mol. The SMILES string of the molecule is CC1(C)O/C(=C2/C(=O)Nc3cc(F)ccc32)C=C1c1ccc(C(=O)N2[C@H](CO)[C@@H](O)[C@H](O)[C@@H]2CO)cc1. The fraction of sp³-hybridized carbons (Fsp3) is 0.333. The number of aliphatic hydroxyl groups is 4. The third-order valence-corrected chi connectivity index (χ3v) is 7.17. The van der Waals surface area contributed by atoms with Gasteiger partial charge in [0, 0.05) is 16.7 Å². The minimum Gasteiger partial charge on any atom is -0.482 e. The van der Waals surface area contributed by atoms with Crippen molar-refractivity contribution in [2.45, 2.75) is 43.7 Å². The van der Waals surface area contributed by atoms with Gasteiger partial charge in [-0.1, -0.05) is 12.1 Å². The number of fused-ring (bicyclic) bond motifs is 1. The van der Waals surface area contributed by atoms with Crippen molar-refractivity contribution >= 4 is 28.6 Å². The van der Waals surface area contributed by atoms with Crippen LogP contribution in [0.3, 0.4) is 0 Å². The van der Waals surface area contributed by atoms with Gasteiger partial charge in [0.15, 0.2) is 0 Å². The smallest absolute Gasteiger partial charge is 0.260 e. The van der Waals surface area contributed by atoms with E-state index in [0.29, 0.717) is 22.6 Å². The Kier molecular flexibility index (Phi) is 6.15. The summed E-state index contributed by atoms with van der Waals surface area (Å²) in [7, 11) is 0. The zero-order valence-corrected chi connectivity index (χ0v) is 20.2. The Morgan fingerprint density at radius 3 is 2.27 bits per heavy atom. The van der Waals surface area contributed by atoms with E-state index in [4.69, 9.17) is 4.74 Å². The summed E-state index contributed by atoms with van der Waals surface area (Å²) in [6.45, 7) is 2.54. The van der Waals surface area contributed by atoms with Gasteiger partial charge in [-0.05, 0) is 55.8 Å². The van der Waals surface area contributed by atoms with E-state index in [-0.39, 0.29) is 5.56 Å². The second-order valence-electron chi connectivity index (χ2n) is 9.82. The Bertz CT molecular complexity index is 1320. The summed E-state index contributed by atoms with van der Waals surface area (Å²) in [5.41, 5.74) is 2.13. The maximum absolute atomic E-state index is 13.6. The zero-order chi connectivity index (χ0) is 26.6. The topological polar surface area (TPSA) is 140 Å². The predicted molar refractivity (Wildman–Crippen MR) is 131 cm³/mol. The minimum absolute atomic E-state index is 0.240. The number of amides is 2. The van der Waals surface area contributed by atoms with Crippen LogP contribution in [0.15, 0.2) is 54.3 Å². The molecule has 1 fully saturated rings. The number of carbonyl (C=O) groups excluding carboxylic acids is 2. The third-order valence-electron chi connectivity index (χ3n) is 7.17. The number of likely N-dealkylation sites (tertiary alicyclic amines) is 1. The number of benzene rings is 2. The van der Waals surface area contributed by atoms with E-state index in [9.17, 15) is 34.4 Å². The zero-order valence-electron chi connectivity index (χ0n) is 20.2. The van der Waals surface area contributed by atoms with Gasteiger partial charge in [-0.25, -0.2) is 4.39 Å². The first-order valence-electron chi connectivity index (χ1n) is 11.8. The van der Waals surface area contributed by atoms with E-state index in [2.05, 4.69) is 5.32 Å². The van der Waals surface area contributed by atoms with Gasteiger partial charge in [-0.3, -0.25) is 9.59 Å². The highest BCUT2D eigenvalue weighted by atomic mass is 19.1. The van der Waals surface area contributed by atoms with E-state index >= 15 is 0 Å². The number of ether oxygens (including phenoxy) is 1. The number of nitrogens with zero attached hydrogens (tertiary/aromatic N) is 1. The summed E-state index contributed by atoms with van der Waals surface area (Å²) in [5, 5.41) is 42.4. The van der Waals surface area contributed by atoms with Crippen molar-refractivity contribution in [3.8, 4) is 0 Å². The molecule has 4 atom stereocenters. The Balaban J connectivity index is 1.47. The fourth-order valence-corrected chi connectivity index (χ4v) is 5.27. The van der Waals surface area contributed by atoms with Crippen LogP contribution < -0.4 is 5.32 Å². The Morgan fingerprint density at radius 1 is 1.05 bits per heavy atom. The van der Waals surface area contributed by atoms with Gasteiger partial charge in [-0.15, -0.1) is 0 Å². The average Bonchev–Trinajstić information content (AvgIpc) is 3.45. The molecule has 0 spiro atoms. The van der Waals surface area contributed by atoms with Crippen LogP contribution in [-0.2, 0) is 9.53 Å². The Labute approximate surface area is 212 Å². The van der Waals surface area contributed by atoms with Crippen LogP contribution in [0, 0.1) is 5.82 Å². The monoisotopic (exact) mass is 510 g/mol. The normalized spacial score (nSPS) is 28.1. The van der Waals surface area contributed by atoms with Gasteiger partial charge in [0.1, 0.15) is 29.4 Å². The van der Waals surface area contributed by atoms with Crippen LogP contribution in [0.2, 0.25) is 0 Å². The summed E-state index contributed by atoms with van der Waals surface area (Å²) in [6.07, 6.45) is -1.01. The van der Waals surface area contributed by atoms with Gasteiger partial charge < -0.3 is 35.4 Å². The standard InChI is InChI=1S/C27H27FN2O7/c1-27(2)17(10-21(37-27)22-16-8-7-15(28)9-18(16)29-25(22)35)13-3-5-14(6-4-13)26(36)30-19(11-31)23(33)24(34)20(30)12-32/h3-10,19-20,23-24,31-34H,11-12H2,1-2H3,(H,29,35)/b22-21+/t19-,20+,23-,24-/m1/s1. The highest BCUT2D eigenvalue weighted by molar-refractivity contribution is 6.32. The molecule has 37 heavy (non-hydrogen) atoms. The molecule has 2 amide bonds. The van der Waals surface area contributed by atoms with Gasteiger partial charge in [0.2, 0.25) is 0 Å². The van der Waals surface area contributed by atoms with Gasteiger partial charge in [-0.2, -0.15) is 0 Å². The summed E-state index contributed by atoms with van der Waals surface area (Å²) in [4.78, 5) is 27.0. The molecule has 0 radical (unpaired) electrons. The molecule has 5 N–H and O–H groups in total. The van der Waals surface area contributed by atoms with E-state index in [1.165, 1.54) is 18.2 Å². The summed E-state index contributed by atoms with van der Waals surface area (Å²) in [6, 6.07) is 8.52. The van der Waals surface area contributed by atoms with E-state index in [1.54, 1.807) is 30.3 Å². The van der Waals surface area contributed by atoms with Crippen molar-refractivity contribution in [2.24, 2.45) is 0 Å². The molecule has 0 aliphatic carbocycles. The van der Waals surface area contributed by atoms with Crippen molar-refractivity contribution in [3.05, 3.63) is 76.8 Å². The predicted octanol–water partition coefficient (Wildman–Crippen LogP) is 1.28. The lowest BCUT2D eigenvalue weighted by Gasteiger charge is -2.29. The van der Waals surface area contributed by atoms with E-state index in [1.807, 2.05) is 13.8 Å². The molecular formula is C27H27FN2O7. The van der Waals surface area contributed by atoms with E-state index in [0.717, 1.165) is 16.0 Å². The average molecular weight is 511 g/mol. The van der Waals surface area contributed by atoms with Gasteiger partial charge in [0.05, 0.1) is 36.6 Å². The number of halogens is 1. The molecule has 3 heterocycles. The molecule has 5 rings (SSSR count). The van der Waals surface area contributed by atoms with Crippen molar-refractivity contribution in [2.75, 3.05) is 18.5 Å². The maximum atomic E-state index is 13.6. The van der Waals surface area contributed by atoms with E-state index < -0.39 is 60.7 Å². The number of nitrogens with one attached hydrogen (secondary N) is 1. The Morgan fingerprint density at radius 2 is 1.68 bits per heavy atom. The van der Waals surface area contributed by atoms with Crippen LogP contribution >= 0.6 is 0 Å². The lowest BCUT2D eigenvalue weighted by molar-refractivity contribution is -0.111. The molecule has 10 heteroatoms. The molecule has 1 saturated heterocycles. The third kappa shape index (κ3) is 4.02. The molecule has 2 aromatic rings. The number of carbonyl (C=O) groups is 2. The number of aliphatic hydroxyl groups excluding tert-OH is 4. The highest BCUT2D eigenvalue weighted by Crippen LogP contribution is 2.44. The van der Waals surface area contributed by atoms with Gasteiger partial charge in [0.25, 0.3) is 11.8 Å². The molecule has 194 valence electrons. The van der Waals surface area contributed by atoms with Crippen molar-refractivity contribution in [3.63, 3.8) is 0 Å². The second-order valence-corrected chi connectivity index (χ2v) is 9.82. The summed E-state index contributed by atoms with van der Waals surface area (Å²) in [5.74, 6) is -1.06. The largest absolute Gasteiger partial charge is 0.482 e. The first-order valence-corrected chi connectivity index (χ1v) is 11.8. The number of allylic oxidation sites excluding steroid dienone is 1. The first kappa shape index (κ1) is 25.1. The molecule has 0 aromatic heterocycles. The molecule has 0 saturated carbocycles. The van der Waals surface area contributed by atoms with Gasteiger partial charge >= 0.3 is 0 Å². The summed E-state index contributed by atoms with van der Waals surface area (Å²) >= 11 is 0. The maximum Gasteiger partial charge on any atom is 0.260 e. The van der Waals surface area contributed by atoms with Crippen LogP contribution in [0.25, 0.3) is 11.1 Å². The fourth-order valence-electron chi connectivity index (χ4n) is 5.27. The molecule has 3 aliphatic heterocycles. The van der Waals surface area contributed by atoms with Crippen LogP contribution in [0.5, 0.6) is 0 Å². The second kappa shape index (κ2) is 9.07. The van der Waals surface area contributed by atoms with Crippen molar-refractivity contribution < 1.29 is 39.1 Å². The van der Waals surface area contributed by atoms with Crippen molar-refractivity contribution in [1.82, 2.24) is 4.90 Å². The van der Waals surface area contributed by atoms with Crippen LogP contribution in [0.4, 0.5) is 10.1 Å². The van der Waals surface area contributed by atoms with Crippen molar-refractivity contribution in [1.29, 1.82) is 0 Å². The molecule has 0 bridgehead atoms. The highest BCUT2D eigenvalue weighted by Gasteiger charge is 2.49. The molecule has 2 aromatic carbocycles. The number of hydrogen-bond donors (Lipinski definition) is 5. The minimum atomic E-state index is -1.38. The summed E-state index contributed by atoms with van der Waals surface area (Å²) < 4.78 is 19.8. The number of rotatable bonds is 4.